The molecule has 0 atom stereocenters. The molecular weight excluding hydrogens is 332 g/mol. The van der Waals surface area contributed by atoms with Crippen LogP contribution in [0.1, 0.15) is 29.3 Å². The molecule has 0 spiro atoms. The molecule has 1 aromatic carbocycles. The van der Waals surface area contributed by atoms with E-state index in [9.17, 15) is 14.7 Å². The first-order chi connectivity index (χ1) is 12.6. The minimum Gasteiger partial charge on any atom is -0.506 e. The van der Waals surface area contributed by atoms with Gasteiger partial charge in [0.15, 0.2) is 0 Å². The molecule has 2 aromatic heterocycles. The van der Waals surface area contributed by atoms with Gasteiger partial charge in [0, 0.05) is 29.9 Å². The molecule has 26 heavy (non-hydrogen) atoms. The van der Waals surface area contributed by atoms with E-state index in [1.54, 1.807) is 48.8 Å². The summed E-state index contributed by atoms with van der Waals surface area (Å²) in [6.07, 6.45) is 5.33. The fourth-order valence-corrected chi connectivity index (χ4v) is 2.71. The Morgan fingerprint density at radius 3 is 2.85 bits per heavy atom. The highest BCUT2D eigenvalue weighted by Crippen LogP contribution is 2.26. The molecule has 132 valence electrons. The van der Waals surface area contributed by atoms with Crippen molar-refractivity contribution < 1.29 is 9.90 Å². The number of benzene rings is 1. The molecule has 0 bridgehead atoms. The lowest BCUT2D eigenvalue weighted by molar-refractivity contribution is 0.0950. The summed E-state index contributed by atoms with van der Waals surface area (Å²) in [5, 5.41) is 14.8. The minimum atomic E-state index is -0.761. The van der Waals surface area contributed by atoms with Crippen LogP contribution in [0.5, 0.6) is 5.75 Å². The number of carbonyl (C=O) groups excluding carboxylic acids is 1. The highest BCUT2D eigenvalue weighted by molar-refractivity contribution is 6.02. The van der Waals surface area contributed by atoms with Gasteiger partial charge in [-0.05, 0) is 24.6 Å². The molecule has 2 heterocycles. The summed E-state index contributed by atoms with van der Waals surface area (Å²) in [6, 6.07) is 10.4. The Bertz CT molecular complexity index is 1030. The summed E-state index contributed by atoms with van der Waals surface area (Å²) < 4.78 is 1.49. The third kappa shape index (κ3) is 3.32. The van der Waals surface area contributed by atoms with E-state index >= 15 is 0 Å². The second kappa shape index (κ2) is 7.60. The molecule has 0 fully saturated rings. The third-order valence-electron chi connectivity index (χ3n) is 3.88. The summed E-state index contributed by atoms with van der Waals surface area (Å²) in [6.45, 7) is 2.38. The first-order valence-electron chi connectivity index (χ1n) is 8.21. The number of pyridine rings is 2. The first kappa shape index (κ1) is 17.3. The van der Waals surface area contributed by atoms with Gasteiger partial charge in [-0.1, -0.05) is 25.1 Å². The van der Waals surface area contributed by atoms with Crippen molar-refractivity contribution in [3.05, 3.63) is 70.3 Å². The zero-order valence-corrected chi connectivity index (χ0v) is 14.2. The second-order valence-electron chi connectivity index (χ2n) is 5.68. The van der Waals surface area contributed by atoms with Gasteiger partial charge in [-0.3, -0.25) is 14.6 Å². The van der Waals surface area contributed by atoms with E-state index in [-0.39, 0.29) is 11.3 Å². The van der Waals surface area contributed by atoms with Crippen molar-refractivity contribution in [3.8, 4) is 5.75 Å². The molecule has 7 heteroatoms. The monoisotopic (exact) mass is 350 g/mol. The summed E-state index contributed by atoms with van der Waals surface area (Å²) in [5.74, 6) is -1.10. The Balaban J connectivity index is 2.00. The summed E-state index contributed by atoms with van der Waals surface area (Å²) in [7, 11) is 0. The van der Waals surface area contributed by atoms with E-state index in [1.807, 2.05) is 6.92 Å². The quantitative estimate of drug-likeness (QED) is 0.545. The molecule has 0 saturated carbocycles. The van der Waals surface area contributed by atoms with Crippen molar-refractivity contribution in [2.24, 2.45) is 5.10 Å². The number of nitrogens with one attached hydrogen (secondary N) is 1. The fraction of sp³-hybridized carbons (Fsp3) is 0.158. The van der Waals surface area contributed by atoms with Crippen LogP contribution in [0, 0.1) is 0 Å². The molecule has 1 amide bonds. The predicted molar refractivity (Wildman–Crippen MR) is 99.5 cm³/mol. The van der Waals surface area contributed by atoms with Gasteiger partial charge in [0.05, 0.1) is 11.7 Å². The Kier molecular flexibility index (Phi) is 5.07. The lowest BCUT2D eigenvalue weighted by Crippen LogP contribution is -2.31. The molecule has 0 aliphatic rings. The molecule has 0 unspecified atom stereocenters. The zero-order valence-electron chi connectivity index (χ0n) is 14.2. The molecule has 0 aliphatic heterocycles. The number of para-hydroxylation sites is 1. The van der Waals surface area contributed by atoms with Crippen LogP contribution >= 0.6 is 0 Å². The second-order valence-corrected chi connectivity index (χ2v) is 5.68. The molecular formula is C19H18N4O3. The first-order valence-corrected chi connectivity index (χ1v) is 8.21. The van der Waals surface area contributed by atoms with Crippen LogP contribution in [0.3, 0.4) is 0 Å². The molecule has 0 aliphatic carbocycles. The Morgan fingerprint density at radius 2 is 2.12 bits per heavy atom. The van der Waals surface area contributed by atoms with Crippen LogP contribution in [-0.4, -0.2) is 26.8 Å². The van der Waals surface area contributed by atoms with Gasteiger partial charge in [0.2, 0.25) is 0 Å². The van der Waals surface area contributed by atoms with Crippen LogP contribution < -0.4 is 11.0 Å². The number of rotatable bonds is 5. The maximum atomic E-state index is 12.7. The number of aryl methyl sites for hydroxylation is 1. The molecule has 2 N–H and O–H groups in total. The fourth-order valence-electron chi connectivity index (χ4n) is 2.71. The van der Waals surface area contributed by atoms with Crippen molar-refractivity contribution >= 4 is 23.0 Å². The van der Waals surface area contributed by atoms with Crippen LogP contribution in [0.15, 0.2) is 58.7 Å². The Morgan fingerprint density at radius 1 is 1.31 bits per heavy atom. The number of fused-ring (bicyclic) bond motifs is 1. The van der Waals surface area contributed by atoms with Crippen LogP contribution in [-0.2, 0) is 6.54 Å². The van der Waals surface area contributed by atoms with Gasteiger partial charge in [-0.2, -0.15) is 5.10 Å². The highest BCUT2D eigenvalue weighted by Gasteiger charge is 2.21. The van der Waals surface area contributed by atoms with E-state index in [4.69, 9.17) is 0 Å². The van der Waals surface area contributed by atoms with E-state index in [0.29, 0.717) is 23.0 Å². The average molecular weight is 350 g/mol. The number of carbonyl (C=O) groups is 1. The van der Waals surface area contributed by atoms with Gasteiger partial charge in [-0.15, -0.1) is 0 Å². The summed E-state index contributed by atoms with van der Waals surface area (Å²) in [5.41, 5.74) is 2.71. The van der Waals surface area contributed by atoms with Crippen LogP contribution in [0.2, 0.25) is 0 Å². The van der Waals surface area contributed by atoms with Crippen LogP contribution in [0.4, 0.5) is 0 Å². The number of hydrogen-bond acceptors (Lipinski definition) is 5. The Labute approximate surface area is 149 Å². The number of amides is 1. The smallest absolute Gasteiger partial charge is 0.280 e. The summed E-state index contributed by atoms with van der Waals surface area (Å²) >= 11 is 0. The van der Waals surface area contributed by atoms with Gasteiger partial charge in [0.25, 0.3) is 11.5 Å². The minimum absolute atomic E-state index is 0.319. The number of aromatic hydroxyl groups is 1. The van der Waals surface area contributed by atoms with E-state index in [0.717, 1.165) is 6.42 Å². The number of hydrazone groups is 1. The average Bonchev–Trinajstić information content (AvgIpc) is 2.66. The molecule has 0 radical (unpaired) electrons. The van der Waals surface area contributed by atoms with E-state index < -0.39 is 11.5 Å². The van der Waals surface area contributed by atoms with Crippen molar-refractivity contribution in [1.82, 2.24) is 15.0 Å². The third-order valence-corrected chi connectivity index (χ3v) is 3.88. The van der Waals surface area contributed by atoms with Crippen molar-refractivity contribution in [2.45, 2.75) is 19.9 Å². The SMILES string of the molecule is CCCn1c(=O)c(C(=O)N/N=C\c2cccnc2)c(O)c2ccccc21. The van der Waals surface area contributed by atoms with Gasteiger partial charge in [-0.25, -0.2) is 5.43 Å². The lowest BCUT2D eigenvalue weighted by atomic mass is 10.1. The van der Waals surface area contributed by atoms with Crippen molar-refractivity contribution in [3.63, 3.8) is 0 Å². The molecule has 3 rings (SSSR count). The molecule has 3 aromatic rings. The normalized spacial score (nSPS) is 11.1. The zero-order chi connectivity index (χ0) is 18.5. The predicted octanol–water partition coefficient (Wildman–Crippen LogP) is 2.28. The number of aromatic nitrogens is 2. The van der Waals surface area contributed by atoms with E-state index in [2.05, 4.69) is 15.5 Å². The maximum absolute atomic E-state index is 12.7. The highest BCUT2D eigenvalue weighted by atomic mass is 16.3. The topological polar surface area (TPSA) is 96.6 Å². The molecule has 0 saturated heterocycles. The maximum Gasteiger partial charge on any atom is 0.280 e. The van der Waals surface area contributed by atoms with Crippen LogP contribution in [0.25, 0.3) is 10.9 Å². The van der Waals surface area contributed by atoms with Gasteiger partial charge < -0.3 is 9.67 Å². The van der Waals surface area contributed by atoms with E-state index in [1.165, 1.54) is 10.8 Å². The molecule has 7 nitrogen and oxygen atoms in total. The van der Waals surface area contributed by atoms with Crippen molar-refractivity contribution in [2.75, 3.05) is 0 Å². The number of hydrogen-bond donors (Lipinski definition) is 2. The standard InChI is InChI=1S/C19H18N4O3/c1-2-10-23-15-8-4-3-7-14(15)17(24)16(19(23)26)18(25)22-21-12-13-6-5-9-20-11-13/h3-9,11-12,24H,2,10H2,1H3,(H,22,25)/b21-12-. The Hall–Kier alpha value is -3.48. The van der Waals surface area contributed by atoms with Gasteiger partial charge >= 0.3 is 0 Å². The number of nitrogens with zero attached hydrogens (tertiary/aromatic N) is 3. The summed E-state index contributed by atoms with van der Waals surface area (Å²) in [4.78, 5) is 29.1. The largest absolute Gasteiger partial charge is 0.506 e. The lowest BCUT2D eigenvalue weighted by Gasteiger charge is -2.13. The van der Waals surface area contributed by atoms with Crippen molar-refractivity contribution in [1.29, 1.82) is 0 Å². The van der Waals surface area contributed by atoms with Gasteiger partial charge in [0.1, 0.15) is 11.3 Å².